The monoisotopic (exact) mass is 405 g/mol. The third-order valence-corrected chi connectivity index (χ3v) is 5.06. The fourth-order valence-corrected chi connectivity index (χ4v) is 3.54. The Kier molecular flexibility index (Phi) is 5.17. The number of rotatable bonds is 4. The second-order valence-corrected chi connectivity index (χ2v) is 7.07. The molecule has 3 heterocycles. The highest BCUT2D eigenvalue weighted by atomic mass is 35.5. The molecule has 1 aromatic carbocycles. The minimum atomic E-state index is -2.82. The molecule has 1 fully saturated rings. The first-order valence-corrected chi connectivity index (χ1v) is 9.37. The number of hydrogen-bond donors (Lipinski definition) is 0. The number of pyridine rings is 1. The maximum Gasteiger partial charge on any atom is 0.282 e. The van der Waals surface area contributed by atoms with E-state index in [0.717, 1.165) is 5.75 Å². The number of fused-ring (bicyclic) bond motifs is 1. The van der Waals surface area contributed by atoms with Crippen LogP contribution in [0.3, 0.4) is 0 Å². The van der Waals surface area contributed by atoms with Gasteiger partial charge in [-0.25, -0.2) is 13.8 Å². The van der Waals surface area contributed by atoms with Crippen molar-refractivity contribution in [2.75, 3.05) is 13.1 Å². The highest BCUT2D eigenvalue weighted by Crippen LogP contribution is 2.27. The number of alkyl halides is 2. The molecule has 0 unspecified atom stereocenters. The van der Waals surface area contributed by atoms with E-state index in [1.807, 2.05) is 0 Å². The molecule has 0 bridgehead atoms. The molecule has 1 aliphatic heterocycles. The fourth-order valence-electron chi connectivity index (χ4n) is 3.41. The minimum absolute atomic E-state index is 0.0398. The third kappa shape index (κ3) is 3.67. The first-order chi connectivity index (χ1) is 13.5. The zero-order chi connectivity index (χ0) is 19.7. The lowest BCUT2D eigenvalue weighted by molar-refractivity contribution is 0.0578. The van der Waals surface area contributed by atoms with E-state index in [4.69, 9.17) is 16.3 Å². The van der Waals surface area contributed by atoms with E-state index < -0.39 is 18.0 Å². The summed E-state index contributed by atoms with van der Waals surface area (Å²) in [7, 11) is 0. The summed E-state index contributed by atoms with van der Waals surface area (Å²) in [5.74, 6) is 0.287. The number of piperidine rings is 1. The van der Waals surface area contributed by atoms with E-state index in [9.17, 15) is 13.6 Å². The topological polar surface area (TPSA) is 46.8 Å². The Morgan fingerprint density at radius 1 is 1.14 bits per heavy atom. The van der Waals surface area contributed by atoms with Gasteiger partial charge in [0.2, 0.25) is 0 Å². The Balaban J connectivity index is 1.48. The first kappa shape index (κ1) is 18.7. The summed E-state index contributed by atoms with van der Waals surface area (Å²) >= 11 is 5.87. The lowest BCUT2D eigenvalue weighted by atomic mass is 10.1. The van der Waals surface area contributed by atoms with Crippen LogP contribution >= 0.6 is 11.6 Å². The van der Waals surface area contributed by atoms with Crippen LogP contribution in [0.15, 0.2) is 48.7 Å². The van der Waals surface area contributed by atoms with Gasteiger partial charge in [-0.05, 0) is 36.4 Å². The van der Waals surface area contributed by atoms with Gasteiger partial charge < -0.3 is 9.64 Å². The number of benzene rings is 1. The van der Waals surface area contributed by atoms with Gasteiger partial charge in [0.25, 0.3) is 12.3 Å². The standard InChI is InChI=1S/C20H18ClF2N3O2/c21-13-4-6-14(7-5-13)28-15-8-11-25(12-9-15)20(27)18-17(19(22)23)24-16-3-1-2-10-26(16)18/h1-7,10,15,19H,8-9,11-12H2. The largest absolute Gasteiger partial charge is 0.490 e. The van der Waals surface area contributed by atoms with Gasteiger partial charge in [0.1, 0.15) is 28.9 Å². The molecule has 2 aromatic heterocycles. The summed E-state index contributed by atoms with van der Waals surface area (Å²) in [6, 6.07) is 12.1. The molecule has 1 saturated heterocycles. The van der Waals surface area contributed by atoms with Crippen molar-refractivity contribution in [3.63, 3.8) is 0 Å². The van der Waals surface area contributed by atoms with Crippen LogP contribution in [0.25, 0.3) is 5.65 Å². The predicted octanol–water partition coefficient (Wildman–Crippen LogP) is 4.61. The maximum absolute atomic E-state index is 13.5. The average Bonchev–Trinajstić information content (AvgIpc) is 3.10. The molecule has 0 atom stereocenters. The molecule has 0 N–H and O–H groups in total. The maximum atomic E-state index is 13.5. The zero-order valence-corrected chi connectivity index (χ0v) is 15.6. The number of aromatic nitrogens is 2. The summed E-state index contributed by atoms with van der Waals surface area (Å²) in [4.78, 5) is 18.5. The van der Waals surface area contributed by atoms with Crippen LogP contribution in [-0.2, 0) is 0 Å². The molecular weight excluding hydrogens is 388 g/mol. The van der Waals surface area contributed by atoms with Crippen molar-refractivity contribution >= 4 is 23.2 Å². The smallest absolute Gasteiger partial charge is 0.282 e. The van der Waals surface area contributed by atoms with E-state index in [-0.39, 0.29) is 11.8 Å². The van der Waals surface area contributed by atoms with Gasteiger partial charge in [-0.2, -0.15) is 0 Å². The molecular formula is C20H18ClF2N3O2. The number of amides is 1. The SMILES string of the molecule is O=C(c1c(C(F)F)nc2ccccn12)N1CCC(Oc2ccc(Cl)cc2)CC1. The Bertz CT molecular complexity index is 983. The van der Waals surface area contributed by atoms with Gasteiger partial charge in [-0.1, -0.05) is 17.7 Å². The normalized spacial score (nSPS) is 15.4. The zero-order valence-electron chi connectivity index (χ0n) is 14.9. The van der Waals surface area contributed by atoms with Crippen LogP contribution in [0, 0.1) is 0 Å². The Hall–Kier alpha value is -2.67. The second-order valence-electron chi connectivity index (χ2n) is 6.64. The Morgan fingerprint density at radius 2 is 1.86 bits per heavy atom. The Morgan fingerprint density at radius 3 is 2.54 bits per heavy atom. The molecule has 5 nitrogen and oxygen atoms in total. The van der Waals surface area contributed by atoms with Gasteiger partial charge in [0, 0.05) is 37.2 Å². The lowest BCUT2D eigenvalue weighted by Crippen LogP contribution is -2.42. The molecule has 3 aromatic rings. The van der Waals surface area contributed by atoms with Crippen LogP contribution < -0.4 is 4.74 Å². The van der Waals surface area contributed by atoms with Gasteiger partial charge >= 0.3 is 0 Å². The van der Waals surface area contributed by atoms with Gasteiger partial charge in [-0.3, -0.25) is 9.20 Å². The van der Waals surface area contributed by atoms with Crippen LogP contribution in [0.1, 0.15) is 35.4 Å². The number of imidazole rings is 1. The highest BCUT2D eigenvalue weighted by Gasteiger charge is 2.31. The summed E-state index contributed by atoms with van der Waals surface area (Å²) in [5.41, 5.74) is -0.208. The van der Waals surface area contributed by atoms with Gasteiger partial charge in [0.15, 0.2) is 0 Å². The molecule has 28 heavy (non-hydrogen) atoms. The molecule has 4 rings (SSSR count). The molecule has 0 spiro atoms. The number of carbonyl (C=O) groups is 1. The van der Waals surface area contributed by atoms with E-state index in [2.05, 4.69) is 4.98 Å². The molecule has 8 heteroatoms. The van der Waals surface area contributed by atoms with Crippen molar-refractivity contribution in [2.45, 2.75) is 25.4 Å². The van der Waals surface area contributed by atoms with Crippen LogP contribution in [0.5, 0.6) is 5.75 Å². The first-order valence-electron chi connectivity index (χ1n) is 8.99. The average molecular weight is 406 g/mol. The van der Waals surface area contributed by atoms with E-state index in [1.54, 1.807) is 53.6 Å². The number of nitrogens with zero attached hydrogens (tertiary/aromatic N) is 3. The van der Waals surface area contributed by atoms with Gasteiger partial charge in [-0.15, -0.1) is 0 Å². The van der Waals surface area contributed by atoms with Crippen molar-refractivity contribution in [3.05, 3.63) is 65.1 Å². The number of hydrogen-bond acceptors (Lipinski definition) is 3. The predicted molar refractivity (Wildman–Crippen MR) is 101 cm³/mol. The summed E-state index contributed by atoms with van der Waals surface area (Å²) in [5, 5.41) is 0.635. The quantitative estimate of drug-likeness (QED) is 0.637. The summed E-state index contributed by atoms with van der Waals surface area (Å²) < 4.78 is 34.3. The van der Waals surface area contributed by atoms with Crippen molar-refractivity contribution in [2.24, 2.45) is 0 Å². The molecule has 0 aliphatic carbocycles. The fraction of sp³-hybridized carbons (Fsp3) is 0.300. The number of halogens is 3. The third-order valence-electron chi connectivity index (χ3n) is 4.81. The molecule has 1 aliphatic rings. The summed E-state index contributed by atoms with van der Waals surface area (Å²) in [6.45, 7) is 0.861. The van der Waals surface area contributed by atoms with E-state index in [0.29, 0.717) is 36.6 Å². The van der Waals surface area contributed by atoms with Crippen LogP contribution in [-0.4, -0.2) is 39.4 Å². The lowest BCUT2D eigenvalue weighted by Gasteiger charge is -2.32. The second kappa shape index (κ2) is 7.75. The molecule has 146 valence electrons. The molecule has 0 saturated carbocycles. The van der Waals surface area contributed by atoms with E-state index >= 15 is 0 Å². The van der Waals surface area contributed by atoms with Crippen LogP contribution in [0.2, 0.25) is 5.02 Å². The highest BCUT2D eigenvalue weighted by molar-refractivity contribution is 6.30. The Labute approximate surface area is 165 Å². The van der Waals surface area contributed by atoms with Crippen molar-refractivity contribution < 1.29 is 18.3 Å². The molecule has 1 amide bonds. The van der Waals surface area contributed by atoms with Crippen LogP contribution in [0.4, 0.5) is 8.78 Å². The van der Waals surface area contributed by atoms with Crippen molar-refractivity contribution in [1.29, 1.82) is 0 Å². The molecule has 0 radical (unpaired) electrons. The number of ether oxygens (including phenoxy) is 1. The van der Waals surface area contributed by atoms with E-state index in [1.165, 1.54) is 4.40 Å². The summed E-state index contributed by atoms with van der Waals surface area (Å²) in [6.07, 6.45) is -0.0335. The van der Waals surface area contributed by atoms with Gasteiger partial charge in [0.05, 0.1) is 0 Å². The van der Waals surface area contributed by atoms with Crippen molar-refractivity contribution in [3.8, 4) is 5.75 Å². The number of carbonyl (C=O) groups excluding carboxylic acids is 1. The van der Waals surface area contributed by atoms with Crippen molar-refractivity contribution in [1.82, 2.24) is 14.3 Å². The number of likely N-dealkylation sites (tertiary alicyclic amines) is 1. The minimum Gasteiger partial charge on any atom is -0.490 e.